The summed E-state index contributed by atoms with van der Waals surface area (Å²) in [6, 6.07) is 15.6. The van der Waals surface area contributed by atoms with Crippen molar-refractivity contribution >= 4 is 40.9 Å². The second-order valence-electron chi connectivity index (χ2n) is 5.62. The summed E-state index contributed by atoms with van der Waals surface area (Å²) in [6.07, 6.45) is 3.24. The van der Waals surface area contributed by atoms with E-state index in [0.29, 0.717) is 28.7 Å². The van der Waals surface area contributed by atoms with Gasteiger partial charge in [0.1, 0.15) is 0 Å². The first-order valence-electron chi connectivity index (χ1n) is 7.86. The van der Waals surface area contributed by atoms with E-state index in [-0.39, 0.29) is 5.91 Å². The van der Waals surface area contributed by atoms with Crippen LogP contribution < -0.4 is 4.90 Å². The molecular formula is C19H18Cl2N2O. The standard InChI is InChI=1S/C19H18Cl2N2O/c20-17-7-4-8-18(21)16(17)9-10-19(24)23-13-11-22(12-14-23)15-5-2-1-3-6-15/h1-10H,11-14H2/b10-9+. The highest BCUT2D eigenvalue weighted by Crippen LogP contribution is 2.25. The Morgan fingerprint density at radius 3 is 2.12 bits per heavy atom. The molecule has 2 aromatic rings. The summed E-state index contributed by atoms with van der Waals surface area (Å²) in [7, 11) is 0. The molecule has 1 aliphatic heterocycles. The van der Waals surface area contributed by atoms with Crippen LogP contribution >= 0.6 is 23.2 Å². The van der Waals surface area contributed by atoms with Gasteiger partial charge < -0.3 is 9.80 Å². The summed E-state index contributed by atoms with van der Waals surface area (Å²) >= 11 is 12.2. The molecule has 0 saturated carbocycles. The smallest absolute Gasteiger partial charge is 0.246 e. The molecule has 124 valence electrons. The molecule has 1 aliphatic rings. The van der Waals surface area contributed by atoms with Crippen molar-refractivity contribution in [1.82, 2.24) is 4.90 Å². The monoisotopic (exact) mass is 360 g/mol. The third kappa shape index (κ3) is 3.92. The SMILES string of the molecule is O=C(/C=C/c1c(Cl)cccc1Cl)N1CCN(c2ccccc2)CC1. The van der Waals surface area contributed by atoms with Crippen molar-refractivity contribution in [2.75, 3.05) is 31.1 Å². The molecule has 1 amide bonds. The number of amides is 1. The number of anilines is 1. The molecule has 2 aromatic carbocycles. The van der Waals surface area contributed by atoms with Crippen LogP contribution in [0.4, 0.5) is 5.69 Å². The maximum Gasteiger partial charge on any atom is 0.246 e. The van der Waals surface area contributed by atoms with Gasteiger partial charge in [-0.15, -0.1) is 0 Å². The molecular weight excluding hydrogens is 343 g/mol. The Balaban J connectivity index is 1.60. The maximum atomic E-state index is 12.4. The molecule has 0 atom stereocenters. The molecule has 0 bridgehead atoms. The third-order valence-electron chi connectivity index (χ3n) is 4.10. The number of piperazine rings is 1. The quantitative estimate of drug-likeness (QED) is 0.759. The molecule has 1 fully saturated rings. The number of hydrogen-bond acceptors (Lipinski definition) is 2. The predicted octanol–water partition coefficient (Wildman–Crippen LogP) is 4.36. The minimum absolute atomic E-state index is 0.0151. The van der Waals surface area contributed by atoms with Crippen LogP contribution in [0.25, 0.3) is 6.08 Å². The van der Waals surface area contributed by atoms with E-state index in [0.717, 1.165) is 13.1 Å². The van der Waals surface area contributed by atoms with Crippen molar-refractivity contribution in [3.63, 3.8) is 0 Å². The van der Waals surface area contributed by atoms with Gasteiger partial charge in [0.2, 0.25) is 5.91 Å². The molecule has 0 unspecified atom stereocenters. The first-order chi connectivity index (χ1) is 11.6. The molecule has 5 heteroatoms. The Bertz CT molecular complexity index is 718. The van der Waals surface area contributed by atoms with Gasteiger partial charge in [-0.25, -0.2) is 0 Å². The van der Waals surface area contributed by atoms with Crippen LogP contribution in [0.5, 0.6) is 0 Å². The van der Waals surface area contributed by atoms with Gasteiger partial charge in [0, 0.05) is 53.6 Å². The van der Waals surface area contributed by atoms with E-state index in [1.807, 2.05) is 23.1 Å². The Morgan fingerprint density at radius 2 is 1.50 bits per heavy atom. The average molecular weight is 361 g/mol. The number of hydrogen-bond donors (Lipinski definition) is 0. The van der Waals surface area contributed by atoms with Gasteiger partial charge in [0.25, 0.3) is 0 Å². The zero-order valence-electron chi connectivity index (χ0n) is 13.2. The van der Waals surface area contributed by atoms with Crippen LogP contribution in [-0.4, -0.2) is 37.0 Å². The molecule has 0 spiro atoms. The van der Waals surface area contributed by atoms with E-state index in [1.165, 1.54) is 5.69 Å². The van der Waals surface area contributed by atoms with Gasteiger partial charge in [-0.1, -0.05) is 47.5 Å². The highest BCUT2D eigenvalue weighted by molar-refractivity contribution is 6.37. The lowest BCUT2D eigenvalue weighted by molar-refractivity contribution is -0.126. The maximum absolute atomic E-state index is 12.4. The minimum atomic E-state index is -0.0151. The molecule has 24 heavy (non-hydrogen) atoms. The van der Waals surface area contributed by atoms with Gasteiger partial charge in [-0.2, -0.15) is 0 Å². The van der Waals surface area contributed by atoms with Crippen molar-refractivity contribution in [1.29, 1.82) is 0 Å². The van der Waals surface area contributed by atoms with Crippen molar-refractivity contribution in [3.05, 3.63) is 70.2 Å². The molecule has 0 aromatic heterocycles. The van der Waals surface area contributed by atoms with E-state index < -0.39 is 0 Å². The second kappa shape index (κ2) is 7.73. The van der Waals surface area contributed by atoms with Crippen LogP contribution in [0, 0.1) is 0 Å². The first-order valence-corrected chi connectivity index (χ1v) is 8.62. The van der Waals surface area contributed by atoms with E-state index in [2.05, 4.69) is 17.0 Å². The number of carbonyl (C=O) groups excluding carboxylic acids is 1. The fraction of sp³-hybridized carbons (Fsp3) is 0.211. The van der Waals surface area contributed by atoms with Crippen molar-refractivity contribution in [2.45, 2.75) is 0 Å². The van der Waals surface area contributed by atoms with Crippen LogP contribution in [0.1, 0.15) is 5.56 Å². The number of carbonyl (C=O) groups is 1. The molecule has 3 rings (SSSR count). The zero-order valence-corrected chi connectivity index (χ0v) is 14.7. The van der Waals surface area contributed by atoms with E-state index in [9.17, 15) is 4.79 Å². The normalized spacial score (nSPS) is 15.1. The van der Waals surface area contributed by atoms with Gasteiger partial charge in [0.05, 0.1) is 0 Å². The van der Waals surface area contributed by atoms with Gasteiger partial charge in [-0.3, -0.25) is 4.79 Å². The topological polar surface area (TPSA) is 23.6 Å². The van der Waals surface area contributed by atoms with Crippen molar-refractivity contribution < 1.29 is 4.79 Å². The lowest BCUT2D eigenvalue weighted by atomic mass is 10.2. The lowest BCUT2D eigenvalue weighted by Crippen LogP contribution is -2.48. The summed E-state index contributed by atoms with van der Waals surface area (Å²) in [5, 5.41) is 1.08. The highest BCUT2D eigenvalue weighted by atomic mass is 35.5. The zero-order chi connectivity index (χ0) is 16.9. The van der Waals surface area contributed by atoms with Crippen molar-refractivity contribution in [3.8, 4) is 0 Å². The largest absolute Gasteiger partial charge is 0.368 e. The summed E-state index contributed by atoms with van der Waals surface area (Å²) in [4.78, 5) is 16.5. The fourth-order valence-corrected chi connectivity index (χ4v) is 3.28. The van der Waals surface area contributed by atoms with E-state index in [4.69, 9.17) is 23.2 Å². The molecule has 0 N–H and O–H groups in total. The molecule has 0 radical (unpaired) electrons. The number of para-hydroxylation sites is 1. The summed E-state index contributed by atoms with van der Waals surface area (Å²) in [5.74, 6) is -0.0151. The second-order valence-corrected chi connectivity index (χ2v) is 6.43. The van der Waals surface area contributed by atoms with Gasteiger partial charge in [0.15, 0.2) is 0 Å². The van der Waals surface area contributed by atoms with Gasteiger partial charge in [-0.05, 0) is 30.3 Å². The van der Waals surface area contributed by atoms with Crippen LogP contribution in [-0.2, 0) is 4.79 Å². The Kier molecular flexibility index (Phi) is 5.44. The Hall–Kier alpha value is -1.97. The number of halogens is 2. The summed E-state index contributed by atoms with van der Waals surface area (Å²) in [5.41, 5.74) is 1.88. The fourth-order valence-electron chi connectivity index (χ4n) is 2.75. The average Bonchev–Trinajstić information content (AvgIpc) is 2.62. The Labute approximate surface area is 152 Å². The van der Waals surface area contributed by atoms with Gasteiger partial charge >= 0.3 is 0 Å². The Morgan fingerprint density at radius 1 is 0.875 bits per heavy atom. The number of benzene rings is 2. The third-order valence-corrected chi connectivity index (χ3v) is 4.76. The number of nitrogens with zero attached hydrogens (tertiary/aromatic N) is 2. The lowest BCUT2D eigenvalue weighted by Gasteiger charge is -2.35. The molecule has 0 aliphatic carbocycles. The first kappa shape index (κ1) is 16.9. The molecule has 1 saturated heterocycles. The van der Waals surface area contributed by atoms with Crippen LogP contribution in [0.15, 0.2) is 54.6 Å². The highest BCUT2D eigenvalue weighted by Gasteiger charge is 2.19. The minimum Gasteiger partial charge on any atom is -0.368 e. The van der Waals surface area contributed by atoms with Crippen LogP contribution in [0.2, 0.25) is 10.0 Å². The van der Waals surface area contributed by atoms with E-state index >= 15 is 0 Å². The van der Waals surface area contributed by atoms with Crippen LogP contribution in [0.3, 0.4) is 0 Å². The number of rotatable bonds is 3. The van der Waals surface area contributed by atoms with E-state index in [1.54, 1.807) is 30.4 Å². The summed E-state index contributed by atoms with van der Waals surface area (Å²) in [6.45, 7) is 3.07. The predicted molar refractivity (Wildman–Crippen MR) is 101 cm³/mol. The molecule has 3 nitrogen and oxygen atoms in total. The molecule has 1 heterocycles. The summed E-state index contributed by atoms with van der Waals surface area (Å²) < 4.78 is 0. The van der Waals surface area contributed by atoms with Crippen molar-refractivity contribution in [2.24, 2.45) is 0 Å².